The van der Waals surface area contributed by atoms with Crippen LogP contribution >= 0.6 is 0 Å². The van der Waals surface area contributed by atoms with Crippen LogP contribution in [0.3, 0.4) is 0 Å². The van der Waals surface area contributed by atoms with Gasteiger partial charge >= 0.3 is 5.97 Å². The molecule has 0 aromatic heterocycles. The lowest BCUT2D eigenvalue weighted by atomic mass is 10.1. The van der Waals surface area contributed by atoms with Crippen LogP contribution in [0.1, 0.15) is 23.2 Å². The minimum atomic E-state index is -0.490. The summed E-state index contributed by atoms with van der Waals surface area (Å²) in [4.78, 5) is 11.5. The molecule has 0 saturated heterocycles. The number of nitrogens with zero attached hydrogens (tertiary/aromatic N) is 1. The van der Waals surface area contributed by atoms with Crippen LogP contribution in [0.15, 0.2) is 18.2 Å². The number of carbonyl (C=O) groups is 1. The summed E-state index contributed by atoms with van der Waals surface area (Å²) in [7, 11) is 0. The molecule has 0 aliphatic heterocycles. The molecule has 16 heavy (non-hydrogen) atoms. The molecule has 0 saturated carbocycles. The minimum Gasteiger partial charge on any atom is -0.462 e. The van der Waals surface area contributed by atoms with Crippen molar-refractivity contribution in [3.05, 3.63) is 23.8 Å². The van der Waals surface area contributed by atoms with Crippen molar-refractivity contribution in [2.24, 2.45) is 0 Å². The van der Waals surface area contributed by atoms with E-state index in [0.29, 0.717) is 29.8 Å². The number of anilines is 2. The first-order chi connectivity index (χ1) is 7.65. The van der Waals surface area contributed by atoms with Gasteiger partial charge in [0.15, 0.2) is 0 Å². The maximum absolute atomic E-state index is 11.5. The highest BCUT2D eigenvalue weighted by Crippen LogP contribution is 2.16. The maximum atomic E-state index is 11.5. The molecule has 5 heteroatoms. The fourth-order valence-electron chi connectivity index (χ4n) is 1.16. The largest absolute Gasteiger partial charge is 0.462 e. The number of nitrogens with two attached hydrogens (primary N) is 2. The maximum Gasteiger partial charge on any atom is 0.340 e. The molecular weight excluding hydrogens is 206 g/mol. The third kappa shape index (κ3) is 3.17. The molecule has 0 aliphatic carbocycles. The zero-order chi connectivity index (χ0) is 12.0. The van der Waals surface area contributed by atoms with Gasteiger partial charge in [-0.15, -0.1) is 0 Å². The number of unbranched alkanes of at least 4 members (excludes halogenated alkanes) is 1. The molecule has 1 aromatic carbocycles. The van der Waals surface area contributed by atoms with Crippen LogP contribution in [0, 0.1) is 11.3 Å². The summed E-state index contributed by atoms with van der Waals surface area (Å²) in [5.41, 5.74) is 12.2. The average molecular weight is 219 g/mol. The lowest BCUT2D eigenvalue weighted by Crippen LogP contribution is -2.09. The normalized spacial score (nSPS) is 9.44. The monoisotopic (exact) mass is 219 g/mol. The second-order valence-corrected chi connectivity index (χ2v) is 3.24. The van der Waals surface area contributed by atoms with E-state index in [0.717, 1.165) is 0 Å². The molecule has 1 rings (SSSR count). The van der Waals surface area contributed by atoms with E-state index in [9.17, 15) is 4.79 Å². The standard InChI is InChI=1S/C11H13N3O2/c12-5-1-2-6-16-11(15)9-4-3-8(13)7-10(9)14/h3-4,7H,1-2,6,13-14H2. The summed E-state index contributed by atoms with van der Waals surface area (Å²) in [6.45, 7) is 0.218. The highest BCUT2D eigenvalue weighted by Gasteiger charge is 2.10. The molecule has 0 heterocycles. The minimum absolute atomic E-state index is 0.218. The van der Waals surface area contributed by atoms with Crippen LogP contribution in [0.5, 0.6) is 0 Å². The van der Waals surface area contributed by atoms with Gasteiger partial charge in [0.05, 0.1) is 18.2 Å². The van der Waals surface area contributed by atoms with Crippen molar-refractivity contribution in [2.45, 2.75) is 12.8 Å². The van der Waals surface area contributed by atoms with E-state index >= 15 is 0 Å². The van der Waals surface area contributed by atoms with Gasteiger partial charge in [0.1, 0.15) is 0 Å². The summed E-state index contributed by atoms with van der Waals surface area (Å²) in [6.07, 6.45) is 0.890. The number of ether oxygens (including phenoxy) is 1. The van der Waals surface area contributed by atoms with E-state index in [4.69, 9.17) is 21.5 Å². The number of nitrogen functional groups attached to an aromatic ring is 2. The van der Waals surface area contributed by atoms with E-state index in [1.165, 1.54) is 12.1 Å². The summed E-state index contributed by atoms with van der Waals surface area (Å²) in [6, 6.07) is 6.58. The molecule has 0 atom stereocenters. The van der Waals surface area contributed by atoms with Gasteiger partial charge in [-0.05, 0) is 24.6 Å². The predicted molar refractivity (Wildman–Crippen MR) is 60.4 cm³/mol. The van der Waals surface area contributed by atoms with E-state index in [-0.39, 0.29) is 6.61 Å². The Morgan fingerprint density at radius 1 is 1.44 bits per heavy atom. The Kier molecular flexibility index (Phi) is 4.16. The van der Waals surface area contributed by atoms with Gasteiger partial charge in [-0.1, -0.05) is 0 Å². The molecule has 0 fully saturated rings. The average Bonchev–Trinajstić information content (AvgIpc) is 2.24. The molecule has 5 nitrogen and oxygen atoms in total. The molecule has 0 bridgehead atoms. The SMILES string of the molecule is N#CCCCOC(=O)c1ccc(N)cc1N. The fourth-order valence-corrected chi connectivity index (χ4v) is 1.16. The van der Waals surface area contributed by atoms with Gasteiger partial charge in [0.25, 0.3) is 0 Å². The van der Waals surface area contributed by atoms with Gasteiger partial charge in [-0.25, -0.2) is 4.79 Å². The predicted octanol–water partition coefficient (Wildman–Crippen LogP) is 1.31. The van der Waals surface area contributed by atoms with Crippen LogP contribution in [-0.2, 0) is 4.74 Å². The van der Waals surface area contributed by atoms with Gasteiger partial charge in [-0.2, -0.15) is 5.26 Å². The second kappa shape index (κ2) is 5.61. The van der Waals surface area contributed by atoms with Gasteiger partial charge in [0.2, 0.25) is 0 Å². The van der Waals surface area contributed by atoms with Crippen molar-refractivity contribution in [1.82, 2.24) is 0 Å². The lowest BCUT2D eigenvalue weighted by molar-refractivity contribution is 0.0503. The Bertz CT molecular complexity index is 424. The Balaban J connectivity index is 2.57. The summed E-state index contributed by atoms with van der Waals surface area (Å²) in [5, 5.41) is 8.30. The number of carbonyl (C=O) groups excluding carboxylic acids is 1. The third-order valence-electron chi connectivity index (χ3n) is 1.96. The van der Waals surface area contributed by atoms with Crippen molar-refractivity contribution in [2.75, 3.05) is 18.1 Å². The quantitative estimate of drug-likeness (QED) is 0.451. The first kappa shape index (κ1) is 11.9. The number of benzene rings is 1. The number of hydrogen-bond donors (Lipinski definition) is 2. The molecule has 0 radical (unpaired) electrons. The zero-order valence-corrected chi connectivity index (χ0v) is 8.77. The van der Waals surface area contributed by atoms with Gasteiger partial charge in [0, 0.05) is 17.8 Å². The Hall–Kier alpha value is -2.22. The molecule has 0 spiro atoms. The second-order valence-electron chi connectivity index (χ2n) is 3.24. The smallest absolute Gasteiger partial charge is 0.340 e. The van der Waals surface area contributed by atoms with Crippen LogP contribution in [0.25, 0.3) is 0 Å². The van der Waals surface area contributed by atoms with E-state index in [2.05, 4.69) is 0 Å². The van der Waals surface area contributed by atoms with Crippen molar-refractivity contribution < 1.29 is 9.53 Å². The summed E-state index contributed by atoms with van der Waals surface area (Å²) >= 11 is 0. The van der Waals surface area contributed by atoms with Crippen molar-refractivity contribution in [3.63, 3.8) is 0 Å². The van der Waals surface area contributed by atoms with Crippen LogP contribution in [-0.4, -0.2) is 12.6 Å². The van der Waals surface area contributed by atoms with Crippen molar-refractivity contribution in [1.29, 1.82) is 5.26 Å². The van der Waals surface area contributed by atoms with E-state index in [1.807, 2.05) is 6.07 Å². The first-order valence-corrected chi connectivity index (χ1v) is 4.84. The molecule has 0 amide bonds. The molecule has 84 valence electrons. The first-order valence-electron chi connectivity index (χ1n) is 4.84. The molecule has 1 aromatic rings. The van der Waals surface area contributed by atoms with Gasteiger partial charge < -0.3 is 16.2 Å². The molecule has 0 aliphatic rings. The lowest BCUT2D eigenvalue weighted by Gasteiger charge is -2.06. The number of rotatable bonds is 4. The summed E-state index contributed by atoms with van der Waals surface area (Å²) < 4.78 is 4.94. The zero-order valence-electron chi connectivity index (χ0n) is 8.77. The van der Waals surface area contributed by atoms with Crippen LogP contribution < -0.4 is 11.5 Å². The number of esters is 1. The van der Waals surface area contributed by atoms with Crippen molar-refractivity contribution >= 4 is 17.3 Å². The van der Waals surface area contributed by atoms with Gasteiger partial charge in [-0.3, -0.25) is 0 Å². The number of nitriles is 1. The van der Waals surface area contributed by atoms with Crippen molar-refractivity contribution in [3.8, 4) is 6.07 Å². The van der Waals surface area contributed by atoms with Crippen LogP contribution in [0.4, 0.5) is 11.4 Å². The highest BCUT2D eigenvalue weighted by molar-refractivity contribution is 5.95. The Labute approximate surface area is 93.6 Å². The molecule has 4 N–H and O–H groups in total. The fraction of sp³-hybridized carbons (Fsp3) is 0.273. The number of hydrogen-bond acceptors (Lipinski definition) is 5. The Morgan fingerprint density at radius 2 is 2.19 bits per heavy atom. The highest BCUT2D eigenvalue weighted by atomic mass is 16.5. The third-order valence-corrected chi connectivity index (χ3v) is 1.96. The van der Waals surface area contributed by atoms with Crippen LogP contribution in [0.2, 0.25) is 0 Å². The van der Waals surface area contributed by atoms with E-state index < -0.39 is 5.97 Å². The Morgan fingerprint density at radius 3 is 2.81 bits per heavy atom. The van der Waals surface area contributed by atoms with E-state index in [1.54, 1.807) is 6.07 Å². The topological polar surface area (TPSA) is 102 Å². The molecule has 0 unspecified atom stereocenters. The molecular formula is C11H13N3O2. The summed E-state index contributed by atoms with van der Waals surface area (Å²) in [5.74, 6) is -0.490.